The molecule has 52 heavy (non-hydrogen) atoms. The molecule has 5 nitrogen and oxygen atoms in total. The van der Waals surface area contributed by atoms with Crippen LogP contribution < -0.4 is 0 Å². The molecule has 10 aromatic rings. The Morgan fingerprint density at radius 2 is 0.981 bits per heavy atom. The molecular weight excluding hydrogens is 635 g/mol. The average Bonchev–Trinajstić information content (AvgIpc) is 3.73. The summed E-state index contributed by atoms with van der Waals surface area (Å²) in [6.07, 6.45) is 0. The number of nitriles is 1. The number of hydrogen-bond donors (Lipinski definition) is 0. The van der Waals surface area contributed by atoms with E-state index in [4.69, 9.17) is 9.97 Å². The predicted octanol–water partition coefficient (Wildman–Crippen LogP) is 11.5. The third kappa shape index (κ3) is 4.78. The molecular formula is C47H29N5. The first kappa shape index (κ1) is 29.6. The number of rotatable bonds is 5. The molecule has 0 spiro atoms. The topological polar surface area (TPSA) is 59.4 Å². The minimum absolute atomic E-state index is 0.598. The highest BCUT2D eigenvalue weighted by Gasteiger charge is 2.18. The SMILES string of the molecule is N#Cc1ccc(-c2nc(-c3ccccc3)cc(-n3c4ccccc4c4ccc(-c5ccc6c(c5)c5ccccc5n6-c5ccccc5)cc43)n2)cc1. The van der Waals surface area contributed by atoms with Gasteiger partial charge in [-0.2, -0.15) is 5.26 Å². The molecule has 242 valence electrons. The molecule has 3 aromatic heterocycles. The van der Waals surface area contributed by atoms with Crippen LogP contribution in [0.5, 0.6) is 0 Å². The Balaban J connectivity index is 1.20. The van der Waals surface area contributed by atoms with Crippen LogP contribution in [0.4, 0.5) is 0 Å². The van der Waals surface area contributed by atoms with Gasteiger partial charge in [0.05, 0.1) is 39.4 Å². The minimum Gasteiger partial charge on any atom is -0.309 e. The van der Waals surface area contributed by atoms with E-state index in [-0.39, 0.29) is 0 Å². The summed E-state index contributed by atoms with van der Waals surface area (Å²) in [6.45, 7) is 0. The van der Waals surface area contributed by atoms with Crippen molar-refractivity contribution in [3.8, 4) is 51.3 Å². The van der Waals surface area contributed by atoms with Crippen molar-refractivity contribution in [2.45, 2.75) is 0 Å². The van der Waals surface area contributed by atoms with Gasteiger partial charge in [0.2, 0.25) is 0 Å². The second kappa shape index (κ2) is 11.9. The van der Waals surface area contributed by atoms with Crippen LogP contribution in [-0.4, -0.2) is 19.1 Å². The zero-order valence-electron chi connectivity index (χ0n) is 28.0. The van der Waals surface area contributed by atoms with Crippen molar-refractivity contribution in [1.29, 1.82) is 5.26 Å². The van der Waals surface area contributed by atoms with E-state index in [1.165, 1.54) is 21.8 Å². The molecule has 0 bridgehead atoms. The second-order valence-electron chi connectivity index (χ2n) is 13.0. The molecule has 0 aliphatic rings. The summed E-state index contributed by atoms with van der Waals surface area (Å²) < 4.78 is 4.61. The van der Waals surface area contributed by atoms with Gasteiger partial charge >= 0.3 is 0 Å². The van der Waals surface area contributed by atoms with Gasteiger partial charge in [0.1, 0.15) is 5.82 Å². The minimum atomic E-state index is 0.598. The quantitative estimate of drug-likeness (QED) is 0.184. The molecule has 0 fully saturated rings. The summed E-state index contributed by atoms with van der Waals surface area (Å²) in [5.41, 5.74) is 11.2. The lowest BCUT2D eigenvalue weighted by atomic mass is 10.0. The molecule has 0 saturated carbocycles. The average molecular weight is 664 g/mol. The van der Waals surface area contributed by atoms with E-state index in [0.717, 1.165) is 61.3 Å². The van der Waals surface area contributed by atoms with Crippen LogP contribution in [0.15, 0.2) is 176 Å². The largest absolute Gasteiger partial charge is 0.309 e. The van der Waals surface area contributed by atoms with Gasteiger partial charge in [0.15, 0.2) is 5.82 Å². The van der Waals surface area contributed by atoms with Crippen LogP contribution >= 0.6 is 0 Å². The standard InChI is InChI=1S/C47H29N5/c48-30-31-19-21-33(22-20-31)47-49-41(32-11-3-1-4-12-32)29-46(50-47)52-43-18-10-7-15-37(43)39-25-23-35(28-45(39)52)34-24-26-44-40(27-34)38-16-8-9-17-42(38)51(44)36-13-5-2-6-14-36/h1-29H. The van der Waals surface area contributed by atoms with Crippen LogP contribution in [0.25, 0.3) is 88.9 Å². The fraction of sp³-hybridized carbons (Fsp3) is 0. The van der Waals surface area contributed by atoms with Gasteiger partial charge < -0.3 is 4.57 Å². The smallest absolute Gasteiger partial charge is 0.162 e. The molecule has 0 atom stereocenters. The summed E-state index contributed by atoms with van der Waals surface area (Å²) >= 11 is 0. The number of para-hydroxylation sites is 3. The molecule has 0 amide bonds. The predicted molar refractivity (Wildman–Crippen MR) is 212 cm³/mol. The number of benzene rings is 7. The molecule has 0 aliphatic carbocycles. The van der Waals surface area contributed by atoms with Crippen LogP contribution in [-0.2, 0) is 0 Å². The summed E-state index contributed by atoms with van der Waals surface area (Å²) in [5.74, 6) is 1.38. The lowest BCUT2D eigenvalue weighted by Crippen LogP contribution is -2.02. The Labute approximate surface area is 299 Å². The number of aromatic nitrogens is 4. The molecule has 0 aliphatic heterocycles. The van der Waals surface area contributed by atoms with E-state index in [0.29, 0.717) is 11.4 Å². The van der Waals surface area contributed by atoms with Crippen molar-refractivity contribution >= 4 is 43.6 Å². The van der Waals surface area contributed by atoms with Crippen molar-refractivity contribution in [2.75, 3.05) is 0 Å². The molecule has 0 unspecified atom stereocenters. The van der Waals surface area contributed by atoms with Crippen LogP contribution in [0.3, 0.4) is 0 Å². The van der Waals surface area contributed by atoms with Gasteiger partial charge in [-0.3, -0.25) is 4.57 Å². The van der Waals surface area contributed by atoms with E-state index in [1.54, 1.807) is 0 Å². The summed E-state index contributed by atoms with van der Waals surface area (Å²) in [4.78, 5) is 10.2. The molecule has 5 heteroatoms. The maximum Gasteiger partial charge on any atom is 0.162 e. The lowest BCUT2D eigenvalue weighted by Gasteiger charge is -2.13. The van der Waals surface area contributed by atoms with Gasteiger partial charge in [-0.1, -0.05) is 103 Å². The normalized spacial score (nSPS) is 11.4. The van der Waals surface area contributed by atoms with Crippen molar-refractivity contribution in [3.05, 3.63) is 181 Å². The summed E-state index contributed by atoms with van der Waals surface area (Å²) in [7, 11) is 0. The molecule has 0 saturated heterocycles. The van der Waals surface area contributed by atoms with E-state index < -0.39 is 0 Å². The van der Waals surface area contributed by atoms with Gasteiger partial charge in [0, 0.05) is 44.4 Å². The van der Waals surface area contributed by atoms with Gasteiger partial charge in [0.25, 0.3) is 0 Å². The monoisotopic (exact) mass is 663 g/mol. The Morgan fingerprint density at radius 1 is 0.404 bits per heavy atom. The number of hydrogen-bond acceptors (Lipinski definition) is 3. The van der Waals surface area contributed by atoms with Gasteiger partial charge in [-0.05, 0) is 77.9 Å². The summed E-state index contributed by atoms with van der Waals surface area (Å²) in [6, 6.07) is 63.2. The zero-order chi connectivity index (χ0) is 34.6. The van der Waals surface area contributed by atoms with Crippen molar-refractivity contribution in [2.24, 2.45) is 0 Å². The first-order valence-electron chi connectivity index (χ1n) is 17.3. The maximum absolute atomic E-state index is 9.43. The van der Waals surface area contributed by atoms with E-state index in [9.17, 15) is 5.26 Å². The van der Waals surface area contributed by atoms with Crippen LogP contribution in [0.1, 0.15) is 5.56 Å². The maximum atomic E-state index is 9.43. The van der Waals surface area contributed by atoms with Crippen LogP contribution in [0.2, 0.25) is 0 Å². The fourth-order valence-electron chi connectivity index (χ4n) is 7.53. The Hall–Kier alpha value is -7.29. The Bertz CT molecular complexity index is 3000. The summed E-state index contributed by atoms with van der Waals surface area (Å²) in [5, 5.41) is 14.2. The Kier molecular flexibility index (Phi) is 6.80. The second-order valence-corrected chi connectivity index (χ2v) is 13.0. The number of nitrogens with zero attached hydrogens (tertiary/aromatic N) is 5. The zero-order valence-corrected chi connectivity index (χ0v) is 28.0. The third-order valence-corrected chi connectivity index (χ3v) is 9.98. The van der Waals surface area contributed by atoms with Gasteiger partial charge in [-0.15, -0.1) is 0 Å². The Morgan fingerprint density at radius 3 is 1.73 bits per heavy atom. The van der Waals surface area contributed by atoms with Crippen molar-refractivity contribution < 1.29 is 0 Å². The van der Waals surface area contributed by atoms with E-state index >= 15 is 0 Å². The first-order valence-corrected chi connectivity index (χ1v) is 17.3. The number of fused-ring (bicyclic) bond motifs is 6. The van der Waals surface area contributed by atoms with Crippen molar-refractivity contribution in [3.63, 3.8) is 0 Å². The van der Waals surface area contributed by atoms with E-state index in [2.05, 4.69) is 149 Å². The van der Waals surface area contributed by atoms with E-state index in [1.807, 2.05) is 42.5 Å². The van der Waals surface area contributed by atoms with Gasteiger partial charge in [-0.25, -0.2) is 9.97 Å². The fourth-order valence-corrected chi connectivity index (χ4v) is 7.53. The molecule has 7 aromatic carbocycles. The molecule has 10 rings (SSSR count). The highest BCUT2D eigenvalue weighted by molar-refractivity contribution is 6.12. The van der Waals surface area contributed by atoms with Crippen LogP contribution in [0, 0.1) is 11.3 Å². The lowest BCUT2D eigenvalue weighted by molar-refractivity contribution is 1.05. The third-order valence-electron chi connectivity index (χ3n) is 9.98. The molecule has 3 heterocycles. The highest BCUT2D eigenvalue weighted by atomic mass is 15.1. The van der Waals surface area contributed by atoms with Crippen molar-refractivity contribution in [1.82, 2.24) is 19.1 Å². The first-order chi connectivity index (χ1) is 25.7. The molecule has 0 radical (unpaired) electrons. The highest BCUT2D eigenvalue weighted by Crippen LogP contribution is 2.38. The molecule has 0 N–H and O–H groups in total.